The fourth-order valence-corrected chi connectivity index (χ4v) is 3.06. The average molecular weight is 283 g/mol. The zero-order valence-corrected chi connectivity index (χ0v) is 11.6. The summed E-state index contributed by atoms with van der Waals surface area (Å²) < 4.78 is 0. The van der Waals surface area contributed by atoms with Crippen molar-refractivity contribution in [1.29, 1.82) is 0 Å². The minimum atomic E-state index is -0.251. The fraction of sp³-hybridized carbons (Fsp3) is 0.571. The van der Waals surface area contributed by atoms with E-state index in [2.05, 4.69) is 10.3 Å². The molecular formula is C14H19ClN2O2. The number of halogens is 1. The van der Waals surface area contributed by atoms with Crippen LogP contribution < -0.4 is 5.32 Å². The number of hydrogen-bond donors (Lipinski definition) is 2. The molecule has 1 amide bonds. The number of nitrogens with zero attached hydrogens (tertiary/aromatic N) is 1. The van der Waals surface area contributed by atoms with E-state index in [-0.39, 0.29) is 17.2 Å². The molecule has 104 valence electrons. The topological polar surface area (TPSA) is 62.2 Å². The molecule has 0 aliphatic heterocycles. The van der Waals surface area contributed by atoms with Gasteiger partial charge >= 0.3 is 0 Å². The Bertz CT molecular complexity index is 439. The number of rotatable bonds is 4. The number of carbonyl (C=O) groups is 1. The monoisotopic (exact) mass is 282 g/mol. The van der Waals surface area contributed by atoms with Crippen molar-refractivity contribution in [1.82, 2.24) is 10.3 Å². The van der Waals surface area contributed by atoms with Crippen LogP contribution in [0.2, 0.25) is 0 Å². The number of amides is 1. The normalized spacial score (nSPS) is 23.0. The van der Waals surface area contributed by atoms with Crippen molar-refractivity contribution in [3.05, 3.63) is 24.0 Å². The van der Waals surface area contributed by atoms with Crippen LogP contribution in [0.15, 0.2) is 18.5 Å². The Hall–Kier alpha value is -1.29. The van der Waals surface area contributed by atoms with Gasteiger partial charge in [-0.2, -0.15) is 0 Å². The molecule has 1 aromatic rings. The summed E-state index contributed by atoms with van der Waals surface area (Å²) in [6.45, 7) is 0.623. The number of alkyl halides is 1. The summed E-state index contributed by atoms with van der Waals surface area (Å²) in [7, 11) is 0. The minimum absolute atomic E-state index is 0.0856. The Morgan fingerprint density at radius 1 is 1.42 bits per heavy atom. The molecular weight excluding hydrogens is 264 g/mol. The van der Waals surface area contributed by atoms with Crippen molar-refractivity contribution < 1.29 is 9.90 Å². The molecule has 0 aromatic carbocycles. The molecule has 2 atom stereocenters. The first-order valence-electron chi connectivity index (χ1n) is 6.69. The van der Waals surface area contributed by atoms with Crippen LogP contribution in [0.3, 0.4) is 0 Å². The average Bonchev–Trinajstić information content (AvgIpc) is 2.45. The van der Waals surface area contributed by atoms with Crippen molar-refractivity contribution in [2.45, 2.75) is 25.7 Å². The maximum Gasteiger partial charge on any atom is 0.255 e. The molecule has 1 fully saturated rings. The van der Waals surface area contributed by atoms with Gasteiger partial charge in [-0.1, -0.05) is 12.8 Å². The highest BCUT2D eigenvalue weighted by atomic mass is 35.5. The van der Waals surface area contributed by atoms with Gasteiger partial charge in [0.15, 0.2) is 0 Å². The number of hydrogen-bond acceptors (Lipinski definition) is 3. The number of nitrogens with one attached hydrogen (secondary N) is 1. The summed E-state index contributed by atoms with van der Waals surface area (Å²) in [4.78, 5) is 15.7. The molecule has 4 nitrogen and oxygen atoms in total. The second-order valence-electron chi connectivity index (χ2n) is 5.06. The maximum atomic E-state index is 12.0. The predicted molar refractivity (Wildman–Crippen MR) is 74.4 cm³/mol. The van der Waals surface area contributed by atoms with E-state index >= 15 is 0 Å². The van der Waals surface area contributed by atoms with Crippen LogP contribution >= 0.6 is 11.6 Å². The smallest absolute Gasteiger partial charge is 0.255 e. The summed E-state index contributed by atoms with van der Waals surface area (Å²) in [6.07, 6.45) is 7.46. The summed E-state index contributed by atoms with van der Waals surface area (Å²) in [6, 6.07) is 1.52. The third-order valence-electron chi connectivity index (χ3n) is 3.83. The molecule has 5 heteroatoms. The van der Waals surface area contributed by atoms with Gasteiger partial charge in [-0.15, -0.1) is 11.6 Å². The first-order valence-corrected chi connectivity index (χ1v) is 7.23. The highest BCUT2D eigenvalue weighted by Crippen LogP contribution is 2.30. The Kier molecular flexibility index (Phi) is 5.02. The second-order valence-corrected chi connectivity index (χ2v) is 5.37. The number of aromatic hydroxyl groups is 1. The van der Waals surface area contributed by atoms with E-state index < -0.39 is 0 Å². The van der Waals surface area contributed by atoms with Crippen molar-refractivity contribution >= 4 is 17.5 Å². The van der Waals surface area contributed by atoms with Crippen LogP contribution in [0.1, 0.15) is 36.0 Å². The van der Waals surface area contributed by atoms with Crippen molar-refractivity contribution in [2.24, 2.45) is 11.8 Å². The summed E-state index contributed by atoms with van der Waals surface area (Å²) >= 11 is 5.97. The van der Waals surface area contributed by atoms with Crippen molar-refractivity contribution in [2.75, 3.05) is 12.4 Å². The van der Waals surface area contributed by atoms with Crippen LogP contribution in [0.25, 0.3) is 0 Å². The molecule has 0 bridgehead atoms. The molecule has 2 rings (SSSR count). The Balaban J connectivity index is 1.91. The first-order chi connectivity index (χ1) is 9.22. The molecule has 0 radical (unpaired) electrons. The first kappa shape index (κ1) is 14.1. The molecule has 1 aromatic heterocycles. The van der Waals surface area contributed by atoms with E-state index in [9.17, 15) is 9.90 Å². The van der Waals surface area contributed by atoms with Gasteiger partial charge in [0, 0.05) is 18.6 Å². The van der Waals surface area contributed by atoms with Crippen LogP contribution in [-0.2, 0) is 0 Å². The molecule has 0 spiro atoms. The van der Waals surface area contributed by atoms with Gasteiger partial charge in [0.2, 0.25) is 0 Å². The second kappa shape index (κ2) is 6.75. The fourth-order valence-electron chi connectivity index (χ4n) is 2.65. The molecule has 1 saturated carbocycles. The molecule has 2 unspecified atom stereocenters. The van der Waals surface area contributed by atoms with Gasteiger partial charge in [-0.25, -0.2) is 0 Å². The molecule has 19 heavy (non-hydrogen) atoms. The molecule has 2 N–H and O–H groups in total. The highest BCUT2D eigenvalue weighted by Gasteiger charge is 2.25. The van der Waals surface area contributed by atoms with Crippen LogP contribution in [-0.4, -0.2) is 28.4 Å². The van der Waals surface area contributed by atoms with Gasteiger partial charge in [0.25, 0.3) is 5.91 Å². The highest BCUT2D eigenvalue weighted by molar-refractivity contribution is 6.18. The third kappa shape index (κ3) is 3.60. The lowest BCUT2D eigenvalue weighted by molar-refractivity contribution is 0.0934. The standard InChI is InChI=1S/C14H19ClN2O2/c15-7-10-3-1-2-4-11(10)8-17-14(19)12-5-6-16-9-13(12)18/h5-6,9-11,18H,1-4,7-8H2,(H,17,19). The lowest BCUT2D eigenvalue weighted by atomic mass is 9.80. The minimum Gasteiger partial charge on any atom is -0.505 e. The van der Waals surface area contributed by atoms with E-state index in [4.69, 9.17) is 11.6 Å². The van der Waals surface area contributed by atoms with Gasteiger partial charge in [0.1, 0.15) is 5.75 Å². The zero-order valence-electron chi connectivity index (χ0n) is 10.8. The van der Waals surface area contributed by atoms with E-state index in [1.807, 2.05) is 0 Å². The third-order valence-corrected chi connectivity index (χ3v) is 4.23. The van der Waals surface area contributed by atoms with E-state index in [0.717, 1.165) is 12.8 Å². The van der Waals surface area contributed by atoms with E-state index in [1.165, 1.54) is 31.3 Å². The van der Waals surface area contributed by atoms with Crippen LogP contribution in [0.5, 0.6) is 5.75 Å². The zero-order chi connectivity index (χ0) is 13.7. The van der Waals surface area contributed by atoms with Crippen molar-refractivity contribution in [3.63, 3.8) is 0 Å². The van der Waals surface area contributed by atoms with Crippen molar-refractivity contribution in [3.8, 4) is 5.75 Å². The quantitative estimate of drug-likeness (QED) is 0.835. The van der Waals surface area contributed by atoms with Crippen LogP contribution in [0, 0.1) is 11.8 Å². The molecule has 1 aliphatic carbocycles. The van der Waals surface area contributed by atoms with Crippen LogP contribution in [0.4, 0.5) is 0 Å². The lowest BCUT2D eigenvalue weighted by Gasteiger charge is -2.30. The van der Waals surface area contributed by atoms with Gasteiger partial charge in [-0.3, -0.25) is 9.78 Å². The van der Waals surface area contributed by atoms with Gasteiger partial charge in [0.05, 0.1) is 11.8 Å². The van der Waals surface area contributed by atoms with Gasteiger partial charge < -0.3 is 10.4 Å². The summed E-state index contributed by atoms with van der Waals surface area (Å²) in [5.41, 5.74) is 0.272. The van der Waals surface area contributed by atoms with E-state index in [1.54, 1.807) is 0 Å². The predicted octanol–water partition coefficient (Wildman–Crippen LogP) is 2.56. The molecule has 0 saturated heterocycles. The Labute approximate surface area is 118 Å². The Morgan fingerprint density at radius 2 is 2.16 bits per heavy atom. The van der Waals surface area contributed by atoms with E-state index in [0.29, 0.717) is 24.3 Å². The maximum absolute atomic E-state index is 12.0. The SMILES string of the molecule is O=C(NCC1CCCCC1CCl)c1ccncc1O. The lowest BCUT2D eigenvalue weighted by Crippen LogP contribution is -2.34. The molecule has 1 heterocycles. The summed E-state index contributed by atoms with van der Waals surface area (Å²) in [5.74, 6) is 1.25. The number of carbonyl (C=O) groups excluding carboxylic acids is 1. The number of aromatic nitrogens is 1. The largest absolute Gasteiger partial charge is 0.505 e. The molecule has 1 aliphatic rings. The number of pyridine rings is 1. The van der Waals surface area contributed by atoms with Gasteiger partial charge in [-0.05, 0) is 30.7 Å². The summed E-state index contributed by atoms with van der Waals surface area (Å²) in [5, 5.41) is 12.5. The Morgan fingerprint density at radius 3 is 2.84 bits per heavy atom.